The lowest BCUT2D eigenvalue weighted by Crippen LogP contribution is -2.16. The Hall–Kier alpha value is -5.86. The highest BCUT2D eigenvalue weighted by Gasteiger charge is 2.39. The van der Waals surface area contributed by atoms with Gasteiger partial charge in [0.1, 0.15) is 11.2 Å². The van der Waals surface area contributed by atoms with Gasteiger partial charge in [-0.3, -0.25) is 0 Å². The zero-order chi connectivity index (χ0) is 31.5. The second-order valence-electron chi connectivity index (χ2n) is 13.0. The molecule has 1 aliphatic rings. The van der Waals surface area contributed by atoms with Gasteiger partial charge in [0.25, 0.3) is 0 Å². The van der Waals surface area contributed by atoms with Crippen molar-refractivity contribution >= 4 is 39.0 Å². The van der Waals surface area contributed by atoms with E-state index in [4.69, 9.17) is 4.42 Å². The van der Waals surface area contributed by atoms with Gasteiger partial charge in [-0.05, 0) is 87.5 Å². The Kier molecular flexibility index (Phi) is 6.20. The van der Waals surface area contributed by atoms with Crippen LogP contribution in [0.3, 0.4) is 0 Å². The number of benzene rings is 7. The molecule has 0 bridgehead atoms. The maximum absolute atomic E-state index is 6.39. The predicted octanol–water partition coefficient (Wildman–Crippen LogP) is 12.7. The van der Waals surface area contributed by atoms with Gasteiger partial charge in [0.15, 0.2) is 0 Å². The summed E-state index contributed by atoms with van der Waals surface area (Å²) in [4.78, 5) is 2.45. The fourth-order valence-electron chi connectivity index (χ4n) is 7.51. The van der Waals surface area contributed by atoms with Crippen LogP contribution in [0.2, 0.25) is 0 Å². The molecule has 1 aliphatic carbocycles. The molecule has 0 spiro atoms. The van der Waals surface area contributed by atoms with E-state index in [0.717, 1.165) is 39.0 Å². The Morgan fingerprint density at radius 1 is 0.447 bits per heavy atom. The summed E-state index contributed by atoms with van der Waals surface area (Å²) in [5.41, 5.74) is 15.0. The Morgan fingerprint density at radius 3 is 1.68 bits per heavy atom. The van der Waals surface area contributed by atoms with Crippen molar-refractivity contribution in [3.63, 3.8) is 0 Å². The van der Waals surface area contributed by atoms with E-state index in [-0.39, 0.29) is 5.41 Å². The average molecular weight is 604 g/mol. The van der Waals surface area contributed by atoms with E-state index in [1.54, 1.807) is 0 Å². The first-order valence-electron chi connectivity index (χ1n) is 16.3. The SMILES string of the molecule is CC1(C)c2cc3oc4ccccc4c3cc2-c2c(N(c3cccc(-c4ccccc4)c3)c3cccc(-c4ccccc4)c3)cccc21. The standard InChI is InChI=1S/C45H33NO/c1-45(2)39-23-13-24-41(44(39)38-28-37-36-22-9-10-25-42(36)47-43(37)29-40(38)45)46(34-20-11-18-32(26-34)30-14-5-3-6-15-30)35-21-12-19-33(27-35)31-16-7-4-8-17-31/h3-29H,1-2H3. The number of rotatable bonds is 5. The van der Waals surface area contributed by atoms with Crippen LogP contribution in [0.15, 0.2) is 168 Å². The molecule has 224 valence electrons. The van der Waals surface area contributed by atoms with Crippen LogP contribution in [0, 0.1) is 0 Å². The second-order valence-corrected chi connectivity index (χ2v) is 13.0. The van der Waals surface area contributed by atoms with Crippen molar-refractivity contribution in [1.29, 1.82) is 0 Å². The largest absolute Gasteiger partial charge is 0.456 e. The number of hydrogen-bond acceptors (Lipinski definition) is 2. The van der Waals surface area contributed by atoms with Gasteiger partial charge in [-0.1, -0.05) is 129 Å². The van der Waals surface area contributed by atoms with E-state index in [2.05, 4.69) is 176 Å². The molecule has 1 heterocycles. The molecule has 7 aromatic carbocycles. The number of hydrogen-bond donors (Lipinski definition) is 0. The molecule has 0 N–H and O–H groups in total. The molecule has 8 aromatic rings. The van der Waals surface area contributed by atoms with Crippen LogP contribution < -0.4 is 4.90 Å². The Labute approximate surface area is 275 Å². The van der Waals surface area contributed by atoms with Crippen molar-refractivity contribution < 1.29 is 4.42 Å². The molecule has 0 amide bonds. The molecule has 2 nitrogen and oxygen atoms in total. The summed E-state index contributed by atoms with van der Waals surface area (Å²) in [6, 6.07) is 58.9. The smallest absolute Gasteiger partial charge is 0.135 e. The van der Waals surface area contributed by atoms with Gasteiger partial charge in [0, 0.05) is 33.1 Å². The van der Waals surface area contributed by atoms with E-state index >= 15 is 0 Å². The van der Waals surface area contributed by atoms with Gasteiger partial charge in [-0.2, -0.15) is 0 Å². The molecule has 0 saturated heterocycles. The number of furan rings is 1. The summed E-state index contributed by atoms with van der Waals surface area (Å²) in [5, 5.41) is 2.30. The molecule has 0 radical (unpaired) electrons. The molecule has 0 aliphatic heterocycles. The van der Waals surface area contributed by atoms with Crippen LogP contribution >= 0.6 is 0 Å². The Balaban J connectivity index is 1.31. The molecule has 0 unspecified atom stereocenters. The van der Waals surface area contributed by atoms with E-state index in [9.17, 15) is 0 Å². The van der Waals surface area contributed by atoms with Crippen molar-refractivity contribution in [3.05, 3.63) is 175 Å². The normalized spacial score (nSPS) is 13.1. The van der Waals surface area contributed by atoms with Gasteiger partial charge in [-0.25, -0.2) is 0 Å². The lowest BCUT2D eigenvalue weighted by atomic mass is 9.82. The average Bonchev–Trinajstić information content (AvgIpc) is 3.60. The molecule has 2 heteroatoms. The predicted molar refractivity (Wildman–Crippen MR) is 197 cm³/mol. The highest BCUT2D eigenvalue weighted by molar-refractivity contribution is 6.09. The first kappa shape index (κ1) is 27.5. The summed E-state index contributed by atoms with van der Waals surface area (Å²) in [6.07, 6.45) is 0. The van der Waals surface area contributed by atoms with E-state index < -0.39 is 0 Å². The molecule has 9 rings (SSSR count). The monoisotopic (exact) mass is 603 g/mol. The van der Waals surface area contributed by atoms with Gasteiger partial charge < -0.3 is 9.32 Å². The Bertz CT molecular complexity index is 2350. The fraction of sp³-hybridized carbons (Fsp3) is 0.0667. The van der Waals surface area contributed by atoms with Crippen molar-refractivity contribution in [2.24, 2.45) is 0 Å². The highest BCUT2D eigenvalue weighted by Crippen LogP contribution is 2.55. The van der Waals surface area contributed by atoms with Crippen molar-refractivity contribution in [1.82, 2.24) is 0 Å². The van der Waals surface area contributed by atoms with Crippen LogP contribution in [0.5, 0.6) is 0 Å². The van der Waals surface area contributed by atoms with Crippen LogP contribution in [0.25, 0.3) is 55.3 Å². The summed E-state index contributed by atoms with van der Waals surface area (Å²) in [6.45, 7) is 4.68. The highest BCUT2D eigenvalue weighted by atomic mass is 16.3. The van der Waals surface area contributed by atoms with Gasteiger partial charge >= 0.3 is 0 Å². The third kappa shape index (κ3) is 4.40. The molecular weight excluding hydrogens is 571 g/mol. The fourth-order valence-corrected chi connectivity index (χ4v) is 7.51. The number of para-hydroxylation sites is 1. The summed E-state index contributed by atoms with van der Waals surface area (Å²) in [7, 11) is 0. The van der Waals surface area contributed by atoms with Crippen LogP contribution in [-0.2, 0) is 5.41 Å². The Morgan fingerprint density at radius 2 is 1.02 bits per heavy atom. The first-order valence-corrected chi connectivity index (χ1v) is 16.3. The quantitative estimate of drug-likeness (QED) is 0.195. The minimum absolute atomic E-state index is 0.197. The van der Waals surface area contributed by atoms with Crippen molar-refractivity contribution in [2.45, 2.75) is 19.3 Å². The minimum Gasteiger partial charge on any atom is -0.456 e. The number of fused-ring (bicyclic) bond motifs is 6. The zero-order valence-electron chi connectivity index (χ0n) is 26.4. The summed E-state index contributed by atoms with van der Waals surface area (Å²) >= 11 is 0. The zero-order valence-corrected chi connectivity index (χ0v) is 26.4. The van der Waals surface area contributed by atoms with Crippen LogP contribution in [0.4, 0.5) is 17.1 Å². The molecule has 0 saturated carbocycles. The number of nitrogens with zero attached hydrogens (tertiary/aromatic N) is 1. The molecule has 47 heavy (non-hydrogen) atoms. The lowest BCUT2D eigenvalue weighted by molar-refractivity contribution is 0.647. The molecular formula is C45H33NO. The van der Waals surface area contributed by atoms with Crippen molar-refractivity contribution in [3.8, 4) is 33.4 Å². The molecule has 1 aromatic heterocycles. The maximum Gasteiger partial charge on any atom is 0.135 e. The first-order chi connectivity index (χ1) is 23.1. The van der Waals surface area contributed by atoms with Gasteiger partial charge in [0.2, 0.25) is 0 Å². The third-order valence-electron chi connectivity index (χ3n) is 9.84. The molecule has 0 fully saturated rings. The third-order valence-corrected chi connectivity index (χ3v) is 9.84. The van der Waals surface area contributed by atoms with Crippen LogP contribution in [0.1, 0.15) is 25.0 Å². The lowest BCUT2D eigenvalue weighted by Gasteiger charge is -2.29. The molecule has 0 atom stereocenters. The summed E-state index contributed by atoms with van der Waals surface area (Å²) < 4.78 is 6.39. The van der Waals surface area contributed by atoms with E-state index in [1.807, 2.05) is 6.07 Å². The van der Waals surface area contributed by atoms with E-state index in [0.29, 0.717) is 0 Å². The maximum atomic E-state index is 6.39. The summed E-state index contributed by atoms with van der Waals surface area (Å²) in [5.74, 6) is 0. The second kappa shape index (κ2) is 10.6. The van der Waals surface area contributed by atoms with Crippen LogP contribution in [-0.4, -0.2) is 0 Å². The van der Waals surface area contributed by atoms with Crippen molar-refractivity contribution in [2.75, 3.05) is 4.90 Å². The minimum atomic E-state index is -0.197. The number of anilines is 3. The van der Waals surface area contributed by atoms with E-state index in [1.165, 1.54) is 44.5 Å². The van der Waals surface area contributed by atoms with Gasteiger partial charge in [0.05, 0.1) is 5.69 Å². The topological polar surface area (TPSA) is 16.4 Å². The van der Waals surface area contributed by atoms with Gasteiger partial charge in [-0.15, -0.1) is 0 Å².